The van der Waals surface area contributed by atoms with E-state index < -0.39 is 0 Å². The highest BCUT2D eigenvalue weighted by Crippen LogP contribution is 2.49. The van der Waals surface area contributed by atoms with E-state index in [1.165, 1.54) is 11.1 Å². The van der Waals surface area contributed by atoms with Gasteiger partial charge in [0.25, 0.3) is 0 Å². The molecule has 0 aromatic heterocycles. The van der Waals surface area contributed by atoms with Crippen LogP contribution in [0.5, 0.6) is 0 Å². The maximum Gasteiger partial charge on any atom is 0.133 e. The summed E-state index contributed by atoms with van der Waals surface area (Å²) in [5.74, 6) is 1.65. The summed E-state index contributed by atoms with van der Waals surface area (Å²) in [6.07, 6.45) is 3.86. The fraction of sp³-hybridized carbons (Fsp3) is 0.533. The molecule has 1 heteroatoms. The van der Waals surface area contributed by atoms with Crippen LogP contribution in [0.2, 0.25) is 0 Å². The Morgan fingerprint density at radius 1 is 1.25 bits per heavy atom. The number of hydrogen-bond acceptors (Lipinski definition) is 1. The minimum Gasteiger partial charge on any atom is -0.300 e. The van der Waals surface area contributed by atoms with E-state index in [0.717, 1.165) is 25.7 Å². The van der Waals surface area contributed by atoms with Gasteiger partial charge in [-0.05, 0) is 53.9 Å². The van der Waals surface area contributed by atoms with Crippen molar-refractivity contribution in [2.24, 2.45) is 5.92 Å². The molecule has 1 aromatic carbocycles. The quantitative estimate of drug-likeness (QED) is 0.701. The normalized spacial score (nSPS) is 27.0. The molecule has 0 spiro atoms. The van der Waals surface area contributed by atoms with E-state index in [1.807, 2.05) is 0 Å². The Morgan fingerprint density at radius 2 is 2.06 bits per heavy atom. The summed E-state index contributed by atoms with van der Waals surface area (Å²) < 4.78 is 0. The van der Waals surface area contributed by atoms with Gasteiger partial charge in [-0.25, -0.2) is 0 Å². The van der Waals surface area contributed by atoms with E-state index in [9.17, 15) is 4.79 Å². The summed E-state index contributed by atoms with van der Waals surface area (Å²) in [6.45, 7) is 4.43. The van der Waals surface area contributed by atoms with Crippen LogP contribution in [0.4, 0.5) is 0 Å². The maximum absolute atomic E-state index is 11.6. The first-order valence-corrected chi connectivity index (χ1v) is 6.33. The molecule has 2 aliphatic rings. The summed E-state index contributed by atoms with van der Waals surface area (Å²) in [5.41, 5.74) is 6.00. The van der Waals surface area contributed by atoms with Gasteiger partial charge in [0, 0.05) is 12.8 Å². The Labute approximate surface area is 96.9 Å². The topological polar surface area (TPSA) is 17.1 Å². The summed E-state index contributed by atoms with van der Waals surface area (Å²) in [5, 5.41) is 0. The van der Waals surface area contributed by atoms with Gasteiger partial charge in [0.1, 0.15) is 5.78 Å². The van der Waals surface area contributed by atoms with Crippen LogP contribution in [-0.2, 0) is 17.6 Å². The Morgan fingerprint density at radius 3 is 2.81 bits per heavy atom. The van der Waals surface area contributed by atoms with Crippen molar-refractivity contribution in [3.8, 4) is 0 Å². The van der Waals surface area contributed by atoms with Crippen molar-refractivity contribution in [2.45, 2.75) is 45.4 Å². The van der Waals surface area contributed by atoms with Gasteiger partial charge in [0.05, 0.1) is 0 Å². The number of aryl methyl sites for hydroxylation is 2. The van der Waals surface area contributed by atoms with Gasteiger partial charge >= 0.3 is 0 Å². The van der Waals surface area contributed by atoms with Crippen LogP contribution in [0.3, 0.4) is 0 Å². The van der Waals surface area contributed by atoms with Crippen molar-refractivity contribution in [3.05, 3.63) is 34.4 Å². The minimum absolute atomic E-state index is 0.476. The van der Waals surface area contributed by atoms with E-state index in [-0.39, 0.29) is 0 Å². The lowest BCUT2D eigenvalue weighted by Gasteiger charge is -2.14. The number of fused-ring (bicyclic) bond motifs is 3. The van der Waals surface area contributed by atoms with E-state index in [1.54, 1.807) is 11.1 Å². The van der Waals surface area contributed by atoms with E-state index in [4.69, 9.17) is 0 Å². The first-order valence-electron chi connectivity index (χ1n) is 6.33. The van der Waals surface area contributed by atoms with Crippen molar-refractivity contribution in [1.29, 1.82) is 0 Å². The first kappa shape index (κ1) is 10.1. The predicted octanol–water partition coefficient (Wildman–Crippen LogP) is 3.18. The maximum atomic E-state index is 11.6. The zero-order chi connectivity index (χ0) is 11.3. The van der Waals surface area contributed by atoms with Gasteiger partial charge in [-0.3, -0.25) is 4.79 Å². The van der Waals surface area contributed by atoms with Crippen molar-refractivity contribution in [2.75, 3.05) is 0 Å². The van der Waals surface area contributed by atoms with Crippen LogP contribution in [0.1, 0.15) is 47.9 Å². The molecule has 0 saturated heterocycles. The molecule has 0 heterocycles. The van der Waals surface area contributed by atoms with Crippen LogP contribution in [0.25, 0.3) is 0 Å². The van der Waals surface area contributed by atoms with Crippen molar-refractivity contribution in [3.63, 3.8) is 0 Å². The third-order valence-corrected chi connectivity index (χ3v) is 4.41. The summed E-state index contributed by atoms with van der Waals surface area (Å²) >= 11 is 0. The van der Waals surface area contributed by atoms with Gasteiger partial charge in [-0.15, -0.1) is 0 Å². The van der Waals surface area contributed by atoms with Gasteiger partial charge in [0.2, 0.25) is 0 Å². The fourth-order valence-electron chi connectivity index (χ4n) is 3.61. The Balaban J connectivity index is 2.14. The zero-order valence-corrected chi connectivity index (χ0v) is 10.0. The molecule has 1 fully saturated rings. The van der Waals surface area contributed by atoms with Crippen molar-refractivity contribution >= 4 is 5.78 Å². The number of Topliss-reactive ketones (excluding diaryl/α,β-unsaturated/α-hetero) is 1. The highest BCUT2D eigenvalue weighted by molar-refractivity contribution is 5.83. The fourth-order valence-corrected chi connectivity index (χ4v) is 3.61. The van der Waals surface area contributed by atoms with Crippen molar-refractivity contribution in [1.82, 2.24) is 0 Å². The lowest BCUT2D eigenvalue weighted by atomic mass is 9.90. The molecule has 1 aromatic rings. The molecule has 0 aliphatic heterocycles. The Kier molecular flexibility index (Phi) is 2.17. The zero-order valence-electron chi connectivity index (χ0n) is 10.0. The van der Waals surface area contributed by atoms with Crippen LogP contribution >= 0.6 is 0 Å². The van der Waals surface area contributed by atoms with Gasteiger partial charge in [-0.1, -0.05) is 19.1 Å². The van der Waals surface area contributed by atoms with Crippen LogP contribution in [0.15, 0.2) is 12.1 Å². The largest absolute Gasteiger partial charge is 0.300 e. The van der Waals surface area contributed by atoms with E-state index in [0.29, 0.717) is 17.6 Å². The SMILES string of the molecule is CCc1ccc(C)c2c1C1CC(=O)CC1C2. The predicted molar refractivity (Wildman–Crippen MR) is 64.7 cm³/mol. The molecule has 0 amide bonds. The molecule has 0 bridgehead atoms. The molecule has 2 atom stereocenters. The molecule has 0 radical (unpaired) electrons. The smallest absolute Gasteiger partial charge is 0.133 e. The minimum atomic E-state index is 0.476. The van der Waals surface area contributed by atoms with Crippen LogP contribution in [-0.4, -0.2) is 5.78 Å². The molecular weight excluding hydrogens is 196 g/mol. The molecule has 0 N–H and O–H groups in total. The second kappa shape index (κ2) is 3.44. The number of hydrogen-bond donors (Lipinski definition) is 0. The lowest BCUT2D eigenvalue weighted by molar-refractivity contribution is -0.117. The number of rotatable bonds is 1. The monoisotopic (exact) mass is 214 g/mol. The van der Waals surface area contributed by atoms with Crippen LogP contribution < -0.4 is 0 Å². The van der Waals surface area contributed by atoms with Gasteiger partial charge < -0.3 is 0 Å². The number of ketones is 1. The first-order chi connectivity index (χ1) is 7.70. The highest BCUT2D eigenvalue weighted by atomic mass is 16.1. The molecular formula is C15H18O. The average molecular weight is 214 g/mol. The third-order valence-electron chi connectivity index (χ3n) is 4.41. The molecule has 2 unspecified atom stereocenters. The van der Waals surface area contributed by atoms with E-state index >= 15 is 0 Å². The molecule has 2 aliphatic carbocycles. The van der Waals surface area contributed by atoms with Crippen LogP contribution in [0, 0.1) is 12.8 Å². The third kappa shape index (κ3) is 1.27. The average Bonchev–Trinajstić information content (AvgIpc) is 2.76. The Bertz CT molecular complexity index is 459. The summed E-state index contributed by atoms with van der Waals surface area (Å²) in [4.78, 5) is 11.6. The number of benzene rings is 1. The molecule has 16 heavy (non-hydrogen) atoms. The van der Waals surface area contributed by atoms with Gasteiger partial charge in [-0.2, -0.15) is 0 Å². The molecule has 1 saturated carbocycles. The number of carbonyl (C=O) groups excluding carboxylic acids is 1. The lowest BCUT2D eigenvalue weighted by Crippen LogP contribution is -2.01. The Hall–Kier alpha value is -1.11. The highest BCUT2D eigenvalue weighted by Gasteiger charge is 2.41. The molecule has 1 nitrogen and oxygen atoms in total. The number of carbonyl (C=O) groups is 1. The molecule has 3 rings (SSSR count). The second-order valence-corrected chi connectivity index (χ2v) is 5.30. The van der Waals surface area contributed by atoms with Crippen molar-refractivity contribution < 1.29 is 4.79 Å². The second-order valence-electron chi connectivity index (χ2n) is 5.30. The van der Waals surface area contributed by atoms with E-state index in [2.05, 4.69) is 26.0 Å². The standard InChI is InChI=1S/C15H18O/c1-3-10-5-4-9(2)13-7-11-6-12(16)8-14(11)15(10)13/h4-5,11,14H,3,6-8H2,1-2H3. The summed E-state index contributed by atoms with van der Waals surface area (Å²) in [6, 6.07) is 4.51. The van der Waals surface area contributed by atoms with Gasteiger partial charge in [0.15, 0.2) is 0 Å². The summed E-state index contributed by atoms with van der Waals surface area (Å²) in [7, 11) is 0. The molecule has 84 valence electrons.